The zero-order valence-corrected chi connectivity index (χ0v) is 48.2. The number of allylic oxidation sites excluding steroid dienone is 8. The van der Waals surface area contributed by atoms with Crippen molar-refractivity contribution in [2.45, 2.75) is 341 Å². The summed E-state index contributed by atoms with van der Waals surface area (Å²) >= 11 is 0. The van der Waals surface area contributed by atoms with Crippen molar-refractivity contribution in [1.82, 2.24) is 0 Å². The van der Waals surface area contributed by atoms with Crippen LogP contribution in [-0.2, 0) is 28.6 Å². The molecule has 0 radical (unpaired) electrons. The molecule has 6 nitrogen and oxygen atoms in total. The fourth-order valence-corrected chi connectivity index (χ4v) is 9.26. The van der Waals surface area contributed by atoms with Gasteiger partial charge in [-0.15, -0.1) is 0 Å². The summed E-state index contributed by atoms with van der Waals surface area (Å²) in [5.74, 6) is -0.890. The highest BCUT2D eigenvalue weighted by atomic mass is 16.6. The Kier molecular flexibility index (Phi) is 58.7. The first-order valence-corrected chi connectivity index (χ1v) is 31.6. The Bertz CT molecular complexity index is 1250. The van der Waals surface area contributed by atoms with Gasteiger partial charge in [-0.25, -0.2) is 0 Å². The summed E-state index contributed by atoms with van der Waals surface area (Å²) in [7, 11) is 0. The normalized spacial score (nSPS) is 12.3. The molecule has 0 N–H and O–H groups in total. The number of rotatable bonds is 58. The van der Waals surface area contributed by atoms with Gasteiger partial charge in [0.15, 0.2) is 6.10 Å². The molecule has 0 spiro atoms. The molecule has 0 saturated carbocycles. The van der Waals surface area contributed by atoms with E-state index in [9.17, 15) is 14.4 Å². The second-order valence-corrected chi connectivity index (χ2v) is 21.3. The molecule has 0 aliphatic carbocycles. The first-order chi connectivity index (χ1) is 35.5. The van der Waals surface area contributed by atoms with E-state index in [0.717, 1.165) is 103 Å². The SMILES string of the molecule is CCCC/C=C\C/C=C\CCCCCCCC(=O)OCC(COC(=O)CCCCCCCCCCCCCCCCCCCCCCCCCC)OC(=O)CCCCCCC/C=C\C/C=C\CCCCCC. The van der Waals surface area contributed by atoms with Gasteiger partial charge in [0.1, 0.15) is 13.2 Å². The summed E-state index contributed by atoms with van der Waals surface area (Å²) in [5.41, 5.74) is 0. The molecule has 1 unspecified atom stereocenters. The van der Waals surface area contributed by atoms with Crippen molar-refractivity contribution < 1.29 is 28.6 Å². The Morgan fingerprint density at radius 3 is 0.819 bits per heavy atom. The molecule has 0 heterocycles. The van der Waals surface area contributed by atoms with Crippen LogP contribution in [0.15, 0.2) is 48.6 Å². The Morgan fingerprint density at radius 2 is 0.514 bits per heavy atom. The van der Waals surface area contributed by atoms with Crippen LogP contribution >= 0.6 is 0 Å². The highest BCUT2D eigenvalue weighted by Crippen LogP contribution is 2.17. The number of ether oxygens (including phenoxy) is 3. The van der Waals surface area contributed by atoms with Gasteiger partial charge in [-0.3, -0.25) is 14.4 Å². The molecule has 0 aromatic carbocycles. The molecular weight excluding hydrogens is 889 g/mol. The van der Waals surface area contributed by atoms with E-state index in [4.69, 9.17) is 14.2 Å². The lowest BCUT2D eigenvalue weighted by Gasteiger charge is -2.18. The van der Waals surface area contributed by atoms with Gasteiger partial charge in [0, 0.05) is 19.3 Å². The number of carbonyl (C=O) groups excluding carboxylic acids is 3. The molecule has 72 heavy (non-hydrogen) atoms. The van der Waals surface area contributed by atoms with Crippen LogP contribution in [0.3, 0.4) is 0 Å². The zero-order valence-electron chi connectivity index (χ0n) is 48.2. The van der Waals surface area contributed by atoms with Crippen LogP contribution in [-0.4, -0.2) is 37.2 Å². The summed E-state index contributed by atoms with van der Waals surface area (Å²) in [6, 6.07) is 0. The fraction of sp³-hybridized carbons (Fsp3) is 0.833. The third-order valence-corrected chi connectivity index (χ3v) is 14.1. The van der Waals surface area contributed by atoms with Crippen LogP contribution in [0.1, 0.15) is 335 Å². The van der Waals surface area contributed by atoms with Gasteiger partial charge >= 0.3 is 17.9 Å². The van der Waals surface area contributed by atoms with Crippen molar-refractivity contribution in [2.24, 2.45) is 0 Å². The Hall–Kier alpha value is -2.63. The van der Waals surface area contributed by atoms with Crippen LogP contribution in [0.5, 0.6) is 0 Å². The summed E-state index contributed by atoms with van der Waals surface area (Å²) in [5, 5.41) is 0. The first kappa shape index (κ1) is 69.4. The quantitative estimate of drug-likeness (QED) is 0.0261. The molecular formula is C66H120O6. The van der Waals surface area contributed by atoms with Crippen LogP contribution in [0.2, 0.25) is 0 Å². The van der Waals surface area contributed by atoms with E-state index in [1.807, 2.05) is 0 Å². The maximum Gasteiger partial charge on any atom is 0.306 e. The maximum absolute atomic E-state index is 12.9. The Morgan fingerprint density at radius 1 is 0.278 bits per heavy atom. The molecule has 0 saturated heterocycles. The summed E-state index contributed by atoms with van der Waals surface area (Å²) < 4.78 is 16.9. The van der Waals surface area contributed by atoms with E-state index in [-0.39, 0.29) is 31.1 Å². The monoisotopic (exact) mass is 1010 g/mol. The maximum atomic E-state index is 12.9. The predicted molar refractivity (Wildman–Crippen MR) is 312 cm³/mol. The van der Waals surface area contributed by atoms with Crippen molar-refractivity contribution in [3.63, 3.8) is 0 Å². The Labute approximate surface area is 448 Å². The van der Waals surface area contributed by atoms with Crippen molar-refractivity contribution in [1.29, 1.82) is 0 Å². The van der Waals surface area contributed by atoms with Gasteiger partial charge in [-0.1, -0.05) is 288 Å². The van der Waals surface area contributed by atoms with Crippen LogP contribution < -0.4 is 0 Å². The van der Waals surface area contributed by atoms with Gasteiger partial charge in [0.2, 0.25) is 0 Å². The minimum Gasteiger partial charge on any atom is -0.462 e. The molecule has 0 fully saturated rings. The standard InChI is InChI=1S/C66H120O6/c1-4-7-10-13-16-19-22-25-28-30-31-32-33-34-35-36-37-39-41-44-47-50-53-56-59-65(68)71-62-63(61-70-64(67)58-55-52-49-46-43-40-27-24-21-18-15-12-9-6-3)72-66(69)60-57-54-51-48-45-42-38-29-26-23-20-17-14-11-8-5-2/h15,18,20,23-24,27,29,38,63H,4-14,16-17,19,21-22,25-26,28,30-37,39-62H2,1-3H3/b18-15-,23-20-,27-24-,38-29-. The first-order valence-electron chi connectivity index (χ1n) is 31.6. The molecule has 0 aliphatic heterocycles. The smallest absolute Gasteiger partial charge is 0.306 e. The van der Waals surface area contributed by atoms with Crippen molar-refractivity contribution in [3.05, 3.63) is 48.6 Å². The van der Waals surface area contributed by atoms with Crippen molar-refractivity contribution >= 4 is 17.9 Å². The number of hydrogen-bond acceptors (Lipinski definition) is 6. The average molecular weight is 1010 g/mol. The molecule has 420 valence electrons. The van der Waals surface area contributed by atoms with Crippen LogP contribution in [0.4, 0.5) is 0 Å². The van der Waals surface area contributed by atoms with E-state index in [1.54, 1.807) is 0 Å². The lowest BCUT2D eigenvalue weighted by molar-refractivity contribution is -0.167. The van der Waals surface area contributed by atoms with Gasteiger partial charge in [0.25, 0.3) is 0 Å². The summed E-state index contributed by atoms with van der Waals surface area (Å²) in [6.07, 6.45) is 75.5. The molecule has 0 aromatic heterocycles. The number of hydrogen-bond donors (Lipinski definition) is 0. The van der Waals surface area contributed by atoms with E-state index in [2.05, 4.69) is 69.4 Å². The van der Waals surface area contributed by atoms with Gasteiger partial charge in [-0.2, -0.15) is 0 Å². The van der Waals surface area contributed by atoms with E-state index < -0.39 is 6.10 Å². The minimum atomic E-state index is -0.785. The third kappa shape index (κ3) is 58.3. The van der Waals surface area contributed by atoms with Crippen LogP contribution in [0.25, 0.3) is 0 Å². The van der Waals surface area contributed by atoms with E-state index in [1.165, 1.54) is 193 Å². The van der Waals surface area contributed by atoms with E-state index in [0.29, 0.717) is 19.3 Å². The molecule has 0 aromatic rings. The molecule has 0 bridgehead atoms. The fourth-order valence-electron chi connectivity index (χ4n) is 9.26. The Balaban J connectivity index is 4.28. The molecule has 0 rings (SSSR count). The van der Waals surface area contributed by atoms with Gasteiger partial charge in [-0.05, 0) is 77.0 Å². The second-order valence-electron chi connectivity index (χ2n) is 21.3. The minimum absolute atomic E-state index is 0.0802. The third-order valence-electron chi connectivity index (χ3n) is 14.1. The van der Waals surface area contributed by atoms with E-state index >= 15 is 0 Å². The lowest BCUT2D eigenvalue weighted by atomic mass is 10.0. The number of esters is 3. The highest BCUT2D eigenvalue weighted by Gasteiger charge is 2.19. The molecule has 0 aliphatic rings. The average Bonchev–Trinajstić information content (AvgIpc) is 3.38. The van der Waals surface area contributed by atoms with Crippen LogP contribution in [0, 0.1) is 0 Å². The highest BCUT2D eigenvalue weighted by molar-refractivity contribution is 5.71. The summed E-state index contributed by atoms with van der Waals surface area (Å²) in [6.45, 7) is 6.61. The number of carbonyl (C=O) groups is 3. The largest absolute Gasteiger partial charge is 0.462 e. The molecule has 1 atom stereocenters. The van der Waals surface area contributed by atoms with Gasteiger partial charge in [0.05, 0.1) is 0 Å². The number of unbranched alkanes of at least 4 members (excludes halogenated alkanes) is 39. The van der Waals surface area contributed by atoms with Gasteiger partial charge < -0.3 is 14.2 Å². The molecule has 6 heteroatoms. The second kappa shape index (κ2) is 60.9. The summed E-state index contributed by atoms with van der Waals surface area (Å²) in [4.78, 5) is 38.2. The van der Waals surface area contributed by atoms with Crippen molar-refractivity contribution in [2.75, 3.05) is 13.2 Å². The topological polar surface area (TPSA) is 78.9 Å². The molecule has 0 amide bonds. The van der Waals surface area contributed by atoms with Crippen molar-refractivity contribution in [3.8, 4) is 0 Å². The predicted octanol–water partition coefficient (Wildman–Crippen LogP) is 21.4. The lowest BCUT2D eigenvalue weighted by Crippen LogP contribution is -2.30. The zero-order chi connectivity index (χ0) is 52.2.